The first-order chi connectivity index (χ1) is 8.09. The first kappa shape index (κ1) is 11.5. The minimum Gasteiger partial charge on any atom is -0.481 e. The van der Waals surface area contributed by atoms with E-state index in [1.165, 1.54) is 32.1 Å². The molecule has 0 aliphatic heterocycles. The third kappa shape index (κ3) is 1.19. The average molecular weight is 237 g/mol. The summed E-state index contributed by atoms with van der Waals surface area (Å²) >= 11 is 0. The summed E-state index contributed by atoms with van der Waals surface area (Å²) < 4.78 is 0. The molecule has 0 aromatic heterocycles. The number of carboxylic acids is 1. The van der Waals surface area contributed by atoms with E-state index in [9.17, 15) is 4.79 Å². The molecule has 0 spiro atoms. The standard InChI is InChI=1S/C14H23NO2/c1-2-13-5-3-9-12(13)10(4-6-13)14(9,8-15)7-11(16)17/h9-10,12H,2-8,15H2,1H3,(H,16,17)/t9-,10+,12+,13-,14+. The first-order valence-electron chi connectivity index (χ1n) is 7.01. The summed E-state index contributed by atoms with van der Waals surface area (Å²) in [7, 11) is 0. The van der Waals surface area contributed by atoms with E-state index in [4.69, 9.17) is 10.8 Å². The fourth-order valence-electron chi connectivity index (χ4n) is 5.79. The molecule has 3 nitrogen and oxygen atoms in total. The highest BCUT2D eigenvalue weighted by Crippen LogP contribution is 2.76. The Morgan fingerprint density at radius 2 is 1.94 bits per heavy atom. The zero-order valence-electron chi connectivity index (χ0n) is 10.6. The normalized spacial score (nSPS) is 51.1. The van der Waals surface area contributed by atoms with Gasteiger partial charge in [-0.1, -0.05) is 13.3 Å². The van der Waals surface area contributed by atoms with Crippen LogP contribution in [-0.2, 0) is 4.79 Å². The van der Waals surface area contributed by atoms with Crippen molar-refractivity contribution in [2.24, 2.45) is 34.3 Å². The highest BCUT2D eigenvalue weighted by molar-refractivity contribution is 5.68. The zero-order valence-corrected chi connectivity index (χ0v) is 10.6. The summed E-state index contributed by atoms with van der Waals surface area (Å²) in [4.78, 5) is 11.1. The first-order valence-corrected chi connectivity index (χ1v) is 7.01. The second-order valence-electron chi connectivity index (χ2n) is 6.54. The van der Waals surface area contributed by atoms with Gasteiger partial charge in [-0.15, -0.1) is 0 Å². The molecular formula is C14H23NO2. The summed E-state index contributed by atoms with van der Waals surface area (Å²) in [5.74, 6) is 1.36. The van der Waals surface area contributed by atoms with Crippen LogP contribution in [0.4, 0.5) is 0 Å². The minimum absolute atomic E-state index is 0.0517. The average Bonchev–Trinajstić information content (AvgIpc) is 2.77. The summed E-state index contributed by atoms with van der Waals surface area (Å²) in [5, 5.41) is 9.16. The molecule has 0 unspecified atom stereocenters. The van der Waals surface area contributed by atoms with E-state index in [1.807, 2.05) is 0 Å². The van der Waals surface area contributed by atoms with E-state index in [0.29, 0.717) is 30.2 Å². The van der Waals surface area contributed by atoms with E-state index in [0.717, 1.165) is 5.92 Å². The van der Waals surface area contributed by atoms with Gasteiger partial charge in [0.1, 0.15) is 0 Å². The Hall–Kier alpha value is -0.570. The molecule has 3 fully saturated rings. The van der Waals surface area contributed by atoms with Gasteiger partial charge >= 0.3 is 5.97 Å². The molecule has 0 amide bonds. The van der Waals surface area contributed by atoms with Crippen molar-refractivity contribution < 1.29 is 9.90 Å². The van der Waals surface area contributed by atoms with Crippen LogP contribution in [0.3, 0.4) is 0 Å². The molecule has 0 heterocycles. The summed E-state index contributed by atoms with van der Waals surface area (Å²) in [6.07, 6.45) is 6.65. The van der Waals surface area contributed by atoms with Crippen LogP contribution in [0.2, 0.25) is 0 Å². The Bertz CT molecular complexity index is 336. The summed E-state index contributed by atoms with van der Waals surface area (Å²) in [5.41, 5.74) is 6.49. The fraction of sp³-hybridized carbons (Fsp3) is 0.929. The van der Waals surface area contributed by atoms with E-state index < -0.39 is 5.97 Å². The van der Waals surface area contributed by atoms with Gasteiger partial charge in [0.15, 0.2) is 0 Å². The highest BCUT2D eigenvalue weighted by atomic mass is 16.4. The topological polar surface area (TPSA) is 63.3 Å². The monoisotopic (exact) mass is 237 g/mol. The lowest BCUT2D eigenvalue weighted by Gasteiger charge is -2.59. The Morgan fingerprint density at radius 1 is 1.35 bits per heavy atom. The lowest BCUT2D eigenvalue weighted by molar-refractivity contribution is -0.156. The van der Waals surface area contributed by atoms with E-state index in [-0.39, 0.29) is 5.41 Å². The Kier molecular flexibility index (Phi) is 2.35. The Morgan fingerprint density at radius 3 is 2.35 bits per heavy atom. The predicted octanol–water partition coefficient (Wildman–Crippen LogP) is 2.25. The number of carbonyl (C=O) groups is 1. The SMILES string of the molecule is CC[C@]12CC[C@@H]3[C@H]1[C@H](CC2)[C@]3(CN)CC(=O)O. The van der Waals surface area contributed by atoms with Gasteiger partial charge in [-0.2, -0.15) is 0 Å². The Balaban J connectivity index is 1.90. The maximum absolute atomic E-state index is 11.1. The third-order valence-electron chi connectivity index (χ3n) is 6.52. The summed E-state index contributed by atoms with van der Waals surface area (Å²) in [6.45, 7) is 2.88. The van der Waals surface area contributed by atoms with Gasteiger partial charge in [-0.3, -0.25) is 4.79 Å². The number of hydrogen-bond donors (Lipinski definition) is 2. The van der Waals surface area contributed by atoms with E-state index >= 15 is 0 Å². The van der Waals surface area contributed by atoms with Gasteiger partial charge in [0.2, 0.25) is 0 Å². The van der Waals surface area contributed by atoms with Crippen molar-refractivity contribution in [1.82, 2.24) is 0 Å². The van der Waals surface area contributed by atoms with Crippen molar-refractivity contribution in [3.63, 3.8) is 0 Å². The molecule has 3 rings (SSSR count). The van der Waals surface area contributed by atoms with Gasteiger partial charge in [0.05, 0.1) is 6.42 Å². The molecular weight excluding hydrogens is 214 g/mol. The largest absolute Gasteiger partial charge is 0.481 e. The van der Waals surface area contributed by atoms with Crippen LogP contribution >= 0.6 is 0 Å². The van der Waals surface area contributed by atoms with Crippen LogP contribution in [0, 0.1) is 28.6 Å². The molecule has 0 aromatic rings. The van der Waals surface area contributed by atoms with Crippen LogP contribution in [0.5, 0.6) is 0 Å². The number of rotatable bonds is 4. The number of carboxylic acid groups (broad SMARTS) is 1. The minimum atomic E-state index is -0.658. The molecule has 17 heavy (non-hydrogen) atoms. The zero-order chi connectivity index (χ0) is 12.3. The van der Waals surface area contributed by atoms with Gasteiger partial charge < -0.3 is 10.8 Å². The third-order valence-corrected chi connectivity index (χ3v) is 6.52. The second-order valence-corrected chi connectivity index (χ2v) is 6.54. The fourth-order valence-corrected chi connectivity index (χ4v) is 5.79. The van der Waals surface area contributed by atoms with E-state index in [1.54, 1.807) is 0 Å². The molecule has 3 N–H and O–H groups in total. The molecule has 0 aromatic carbocycles. The van der Waals surface area contributed by atoms with Crippen LogP contribution in [0.25, 0.3) is 0 Å². The number of aliphatic carboxylic acids is 1. The lowest BCUT2D eigenvalue weighted by Crippen LogP contribution is -2.59. The quantitative estimate of drug-likeness (QED) is 0.788. The number of hydrogen-bond acceptors (Lipinski definition) is 2. The highest BCUT2D eigenvalue weighted by Gasteiger charge is 2.71. The smallest absolute Gasteiger partial charge is 0.303 e. The van der Waals surface area contributed by atoms with Gasteiger partial charge in [-0.05, 0) is 60.8 Å². The lowest BCUT2D eigenvalue weighted by atomic mass is 9.45. The molecule has 0 bridgehead atoms. The van der Waals surface area contributed by atoms with Crippen molar-refractivity contribution in [3.05, 3.63) is 0 Å². The van der Waals surface area contributed by atoms with Gasteiger partial charge in [0.25, 0.3) is 0 Å². The van der Waals surface area contributed by atoms with Crippen LogP contribution < -0.4 is 5.73 Å². The maximum atomic E-state index is 11.1. The molecule has 3 saturated carbocycles. The molecule has 3 aliphatic carbocycles. The van der Waals surface area contributed by atoms with Gasteiger partial charge in [-0.25, -0.2) is 0 Å². The maximum Gasteiger partial charge on any atom is 0.303 e. The van der Waals surface area contributed by atoms with Gasteiger partial charge in [0, 0.05) is 0 Å². The molecule has 3 aliphatic rings. The molecule has 5 atom stereocenters. The van der Waals surface area contributed by atoms with Crippen molar-refractivity contribution in [2.75, 3.05) is 6.54 Å². The predicted molar refractivity (Wildman–Crippen MR) is 65.4 cm³/mol. The number of nitrogens with two attached hydrogens (primary N) is 1. The molecule has 96 valence electrons. The molecule has 3 heteroatoms. The van der Waals surface area contributed by atoms with Crippen molar-refractivity contribution in [3.8, 4) is 0 Å². The van der Waals surface area contributed by atoms with Crippen molar-refractivity contribution in [1.29, 1.82) is 0 Å². The van der Waals surface area contributed by atoms with Crippen LogP contribution in [-0.4, -0.2) is 17.6 Å². The second kappa shape index (κ2) is 3.47. The van der Waals surface area contributed by atoms with E-state index in [2.05, 4.69) is 6.92 Å². The van der Waals surface area contributed by atoms with Crippen molar-refractivity contribution >= 4 is 5.97 Å². The van der Waals surface area contributed by atoms with Crippen LogP contribution in [0.15, 0.2) is 0 Å². The molecule has 0 radical (unpaired) electrons. The molecule has 0 saturated heterocycles. The Labute approximate surface area is 103 Å². The summed E-state index contributed by atoms with van der Waals surface area (Å²) in [6, 6.07) is 0. The van der Waals surface area contributed by atoms with Crippen LogP contribution in [0.1, 0.15) is 45.4 Å². The van der Waals surface area contributed by atoms with Crippen molar-refractivity contribution in [2.45, 2.75) is 45.4 Å².